The average Bonchev–Trinajstić information content (AvgIpc) is 2.74. The summed E-state index contributed by atoms with van der Waals surface area (Å²) in [5, 5.41) is 3.90. The lowest BCUT2D eigenvalue weighted by Gasteiger charge is -2.06. The van der Waals surface area contributed by atoms with Crippen LogP contribution in [-0.4, -0.2) is 24.7 Å². The second kappa shape index (κ2) is 10.7. The first kappa shape index (κ1) is 21.7. The molecule has 0 saturated carbocycles. The summed E-state index contributed by atoms with van der Waals surface area (Å²) in [5.74, 6) is 0.130. The van der Waals surface area contributed by atoms with Gasteiger partial charge in [0.05, 0.1) is 16.3 Å². The molecule has 152 valence electrons. The molecule has 8 heteroatoms. The molecular weight excluding hydrogens is 516 g/mol. The number of halogens is 2. The molecule has 0 bridgehead atoms. The maximum atomic E-state index is 12.2. The van der Waals surface area contributed by atoms with Gasteiger partial charge in [0.15, 0.2) is 6.61 Å². The summed E-state index contributed by atoms with van der Waals surface area (Å²) in [7, 11) is 0. The molecule has 0 spiro atoms. The van der Waals surface area contributed by atoms with Crippen LogP contribution in [0.4, 0.5) is 0 Å². The Hall–Kier alpha value is -2.97. The van der Waals surface area contributed by atoms with Gasteiger partial charge < -0.3 is 9.47 Å². The van der Waals surface area contributed by atoms with Crippen LogP contribution in [0.3, 0.4) is 0 Å². The summed E-state index contributed by atoms with van der Waals surface area (Å²) >= 11 is 6.67. The van der Waals surface area contributed by atoms with Gasteiger partial charge in [-0.2, -0.15) is 5.10 Å². The van der Waals surface area contributed by atoms with Crippen LogP contribution in [0.2, 0.25) is 0 Å². The third-order valence-electron chi connectivity index (χ3n) is 3.78. The number of hydrogen-bond acceptors (Lipinski definition) is 5. The van der Waals surface area contributed by atoms with Crippen molar-refractivity contribution < 1.29 is 19.1 Å². The Balaban J connectivity index is 1.48. The smallest absolute Gasteiger partial charge is 0.344 e. The summed E-state index contributed by atoms with van der Waals surface area (Å²) in [6.45, 7) is -0.163. The van der Waals surface area contributed by atoms with Crippen LogP contribution in [-0.2, 0) is 4.79 Å². The molecule has 0 aromatic heterocycles. The second-order valence-electron chi connectivity index (χ2n) is 5.95. The lowest BCUT2D eigenvalue weighted by Crippen LogP contribution is -2.24. The monoisotopic (exact) mass is 530 g/mol. The number of benzene rings is 3. The number of ether oxygens (including phenoxy) is 2. The highest BCUT2D eigenvalue weighted by atomic mass is 79.9. The van der Waals surface area contributed by atoms with Gasteiger partial charge in [-0.3, -0.25) is 4.79 Å². The summed E-state index contributed by atoms with van der Waals surface area (Å²) in [6.07, 6.45) is 1.48. The molecule has 0 unspecified atom stereocenters. The molecule has 1 amide bonds. The van der Waals surface area contributed by atoms with Crippen LogP contribution in [0.1, 0.15) is 15.9 Å². The zero-order valence-corrected chi connectivity index (χ0v) is 18.7. The Morgan fingerprint density at radius 3 is 2.27 bits per heavy atom. The third-order valence-corrected chi connectivity index (χ3v) is 5.13. The number of nitrogens with one attached hydrogen (secondary N) is 1. The number of esters is 1. The predicted molar refractivity (Wildman–Crippen MR) is 121 cm³/mol. The van der Waals surface area contributed by atoms with Gasteiger partial charge in [0.1, 0.15) is 11.5 Å². The van der Waals surface area contributed by atoms with Crippen LogP contribution >= 0.6 is 31.9 Å². The van der Waals surface area contributed by atoms with E-state index in [9.17, 15) is 9.59 Å². The molecule has 0 heterocycles. The number of para-hydroxylation sites is 1. The summed E-state index contributed by atoms with van der Waals surface area (Å²) in [6, 6.07) is 21.0. The fourth-order valence-electron chi connectivity index (χ4n) is 2.33. The molecular formula is C22H16Br2N2O4. The van der Waals surface area contributed by atoms with E-state index in [1.54, 1.807) is 48.5 Å². The van der Waals surface area contributed by atoms with Crippen molar-refractivity contribution in [3.63, 3.8) is 0 Å². The number of amides is 1. The van der Waals surface area contributed by atoms with Crippen molar-refractivity contribution in [2.45, 2.75) is 0 Å². The Bertz CT molecular complexity index is 1070. The molecule has 0 saturated heterocycles. The van der Waals surface area contributed by atoms with Crippen molar-refractivity contribution in [3.8, 4) is 11.5 Å². The van der Waals surface area contributed by atoms with E-state index in [4.69, 9.17) is 9.47 Å². The fraction of sp³-hybridized carbons (Fsp3) is 0.0455. The number of hydrogen-bond donors (Lipinski definition) is 1. The molecule has 3 aromatic rings. The van der Waals surface area contributed by atoms with E-state index in [2.05, 4.69) is 42.4 Å². The van der Waals surface area contributed by atoms with E-state index >= 15 is 0 Å². The largest absolute Gasteiger partial charge is 0.483 e. The first-order valence-electron chi connectivity index (χ1n) is 8.79. The van der Waals surface area contributed by atoms with Crippen molar-refractivity contribution in [1.82, 2.24) is 5.43 Å². The maximum absolute atomic E-state index is 12.2. The molecule has 0 aliphatic rings. The van der Waals surface area contributed by atoms with Crippen molar-refractivity contribution in [2.24, 2.45) is 5.10 Å². The molecule has 0 fully saturated rings. The van der Waals surface area contributed by atoms with E-state index in [-0.39, 0.29) is 12.5 Å². The normalized spacial score (nSPS) is 10.6. The molecule has 30 heavy (non-hydrogen) atoms. The van der Waals surface area contributed by atoms with Gasteiger partial charge in [0.25, 0.3) is 5.91 Å². The second-order valence-corrected chi connectivity index (χ2v) is 7.66. The van der Waals surface area contributed by atoms with Crippen molar-refractivity contribution in [2.75, 3.05) is 6.61 Å². The zero-order valence-electron chi connectivity index (χ0n) is 15.5. The van der Waals surface area contributed by atoms with E-state index < -0.39 is 5.97 Å². The lowest BCUT2D eigenvalue weighted by atomic mass is 10.2. The maximum Gasteiger partial charge on any atom is 0.344 e. The molecule has 3 aromatic carbocycles. The van der Waals surface area contributed by atoms with Gasteiger partial charge in [0, 0.05) is 4.47 Å². The van der Waals surface area contributed by atoms with E-state index in [0.29, 0.717) is 21.5 Å². The molecule has 0 aliphatic heterocycles. The van der Waals surface area contributed by atoms with E-state index in [1.165, 1.54) is 6.21 Å². The number of carbonyl (C=O) groups is 2. The van der Waals surface area contributed by atoms with Gasteiger partial charge in [0.2, 0.25) is 0 Å². The summed E-state index contributed by atoms with van der Waals surface area (Å²) in [5.41, 5.74) is 3.56. The van der Waals surface area contributed by atoms with Crippen LogP contribution in [0.5, 0.6) is 11.5 Å². The number of rotatable bonds is 7. The molecule has 0 radical (unpaired) electrons. The third kappa shape index (κ3) is 6.27. The fourth-order valence-corrected chi connectivity index (χ4v) is 3.17. The standard InChI is InChI=1S/C22H16Br2N2O4/c23-18-6-2-1-5-17(18)22(28)30-16-11-9-15(10-12-16)13-25-26-21(27)14-29-20-8-4-3-7-19(20)24/h1-13H,14H2,(H,26,27). The van der Waals surface area contributed by atoms with Crippen molar-refractivity contribution >= 4 is 50.0 Å². The van der Waals surface area contributed by atoms with Crippen molar-refractivity contribution in [3.05, 3.63) is 92.9 Å². The highest BCUT2D eigenvalue weighted by Crippen LogP contribution is 2.23. The minimum atomic E-state index is -0.457. The Kier molecular flexibility index (Phi) is 7.75. The summed E-state index contributed by atoms with van der Waals surface area (Å²) in [4.78, 5) is 24.0. The van der Waals surface area contributed by atoms with Crippen LogP contribution in [0.15, 0.2) is 86.8 Å². The topological polar surface area (TPSA) is 77.0 Å². The first-order chi connectivity index (χ1) is 14.5. The minimum Gasteiger partial charge on any atom is -0.483 e. The van der Waals surface area contributed by atoms with Gasteiger partial charge in [-0.25, -0.2) is 10.2 Å². The molecule has 1 N–H and O–H groups in total. The van der Waals surface area contributed by atoms with Gasteiger partial charge in [-0.1, -0.05) is 24.3 Å². The minimum absolute atomic E-state index is 0.163. The number of hydrazone groups is 1. The van der Waals surface area contributed by atoms with Gasteiger partial charge in [-0.05, 0) is 86.0 Å². The number of nitrogens with zero attached hydrogens (tertiary/aromatic N) is 1. The molecule has 3 rings (SSSR count). The van der Waals surface area contributed by atoms with Crippen molar-refractivity contribution in [1.29, 1.82) is 0 Å². The van der Waals surface area contributed by atoms with E-state index in [1.807, 2.05) is 24.3 Å². The highest BCUT2D eigenvalue weighted by molar-refractivity contribution is 9.10. The quantitative estimate of drug-likeness (QED) is 0.202. The Labute approximate surface area is 190 Å². The average molecular weight is 532 g/mol. The van der Waals surface area contributed by atoms with Gasteiger partial charge in [-0.15, -0.1) is 0 Å². The lowest BCUT2D eigenvalue weighted by molar-refractivity contribution is -0.123. The van der Waals surface area contributed by atoms with Crippen LogP contribution in [0, 0.1) is 0 Å². The Morgan fingerprint density at radius 2 is 1.57 bits per heavy atom. The Morgan fingerprint density at radius 1 is 0.900 bits per heavy atom. The molecule has 0 aliphatic carbocycles. The zero-order chi connectivity index (χ0) is 21.3. The highest BCUT2D eigenvalue weighted by Gasteiger charge is 2.11. The van der Waals surface area contributed by atoms with Crippen LogP contribution < -0.4 is 14.9 Å². The molecule has 0 atom stereocenters. The summed E-state index contributed by atoms with van der Waals surface area (Å²) < 4.78 is 12.2. The number of carbonyl (C=O) groups excluding carboxylic acids is 2. The molecule has 6 nitrogen and oxygen atoms in total. The predicted octanol–water partition coefficient (Wildman–Crippen LogP) is 4.96. The van der Waals surface area contributed by atoms with E-state index in [0.717, 1.165) is 10.0 Å². The SMILES string of the molecule is O=C(COc1ccccc1Br)NN=Cc1ccc(OC(=O)c2ccccc2Br)cc1. The van der Waals surface area contributed by atoms with Gasteiger partial charge >= 0.3 is 5.97 Å². The van der Waals surface area contributed by atoms with Crippen LogP contribution in [0.25, 0.3) is 0 Å². The first-order valence-corrected chi connectivity index (χ1v) is 10.4.